The minimum absolute atomic E-state index is 0.485. The molecule has 0 atom stereocenters. The van der Waals surface area contributed by atoms with Crippen molar-refractivity contribution in [1.82, 2.24) is 0 Å². The van der Waals surface area contributed by atoms with Crippen LogP contribution in [0.3, 0.4) is 0 Å². The molecule has 66 valence electrons. The molecule has 1 aromatic rings. The third-order valence-electron chi connectivity index (χ3n) is 2.16. The van der Waals surface area contributed by atoms with Crippen LogP contribution in [-0.2, 0) is 0 Å². The molecule has 0 saturated heterocycles. The number of nitrogens with zero attached hydrogens (tertiary/aromatic N) is 1. The summed E-state index contributed by atoms with van der Waals surface area (Å²) in [6.45, 7) is 7.70. The molecule has 0 amide bonds. The topological polar surface area (TPSA) is 23.8 Å². The third kappa shape index (κ3) is 1.97. The van der Waals surface area contributed by atoms with Gasteiger partial charge in [-0.2, -0.15) is 5.26 Å². The van der Waals surface area contributed by atoms with Crippen LogP contribution in [0.2, 0.25) is 0 Å². The van der Waals surface area contributed by atoms with Crippen LogP contribution in [0.25, 0.3) is 5.57 Å². The molecule has 1 rings (SSSR count). The highest BCUT2D eigenvalue weighted by atomic mass is 14.3. The van der Waals surface area contributed by atoms with E-state index in [0.717, 1.165) is 11.1 Å². The fraction of sp³-hybridized carbons (Fsp3) is 0.250. The van der Waals surface area contributed by atoms with Gasteiger partial charge in [-0.05, 0) is 25.0 Å². The van der Waals surface area contributed by atoms with E-state index in [1.165, 1.54) is 0 Å². The van der Waals surface area contributed by atoms with E-state index in [1.54, 1.807) is 0 Å². The van der Waals surface area contributed by atoms with Crippen molar-refractivity contribution in [3.63, 3.8) is 0 Å². The van der Waals surface area contributed by atoms with Gasteiger partial charge in [0.15, 0.2) is 0 Å². The minimum Gasteiger partial charge on any atom is -0.197 e. The second kappa shape index (κ2) is 3.45. The molecule has 1 heteroatoms. The van der Waals surface area contributed by atoms with Crippen molar-refractivity contribution < 1.29 is 0 Å². The Morgan fingerprint density at radius 1 is 1.31 bits per heavy atom. The lowest BCUT2D eigenvalue weighted by Crippen LogP contribution is -2.09. The van der Waals surface area contributed by atoms with Crippen LogP contribution in [0.1, 0.15) is 19.4 Å². The third-order valence-corrected chi connectivity index (χ3v) is 2.16. The molecule has 0 spiro atoms. The second-order valence-corrected chi connectivity index (χ2v) is 3.58. The van der Waals surface area contributed by atoms with E-state index in [9.17, 15) is 0 Å². The van der Waals surface area contributed by atoms with Crippen LogP contribution in [0.15, 0.2) is 36.9 Å². The molecular formula is C12H13N. The van der Waals surface area contributed by atoms with Crippen LogP contribution in [-0.4, -0.2) is 0 Å². The van der Waals surface area contributed by atoms with E-state index in [0.29, 0.717) is 0 Å². The van der Waals surface area contributed by atoms with Crippen LogP contribution in [0.5, 0.6) is 0 Å². The average Bonchev–Trinajstić information content (AvgIpc) is 2.18. The molecule has 0 aliphatic heterocycles. The van der Waals surface area contributed by atoms with E-state index in [1.807, 2.05) is 44.2 Å². The molecule has 0 N–H and O–H groups in total. The van der Waals surface area contributed by atoms with Gasteiger partial charge < -0.3 is 0 Å². The zero-order chi connectivity index (χ0) is 9.90. The number of rotatable bonds is 2. The largest absolute Gasteiger partial charge is 0.197 e. The van der Waals surface area contributed by atoms with Crippen molar-refractivity contribution in [1.29, 1.82) is 5.26 Å². The lowest BCUT2D eigenvalue weighted by atomic mass is 9.83. The first-order valence-electron chi connectivity index (χ1n) is 4.24. The normalized spacial score (nSPS) is 10.5. The molecule has 0 aliphatic rings. The molecule has 0 fully saturated rings. The van der Waals surface area contributed by atoms with Gasteiger partial charge in [0, 0.05) is 0 Å². The summed E-state index contributed by atoms with van der Waals surface area (Å²) in [5.74, 6) is 0. The fourth-order valence-electron chi connectivity index (χ4n) is 1.07. The lowest BCUT2D eigenvalue weighted by Gasteiger charge is -2.18. The molecule has 0 aromatic heterocycles. The van der Waals surface area contributed by atoms with E-state index < -0.39 is 5.41 Å². The highest BCUT2D eigenvalue weighted by molar-refractivity contribution is 5.69. The summed E-state index contributed by atoms with van der Waals surface area (Å²) in [7, 11) is 0. The summed E-state index contributed by atoms with van der Waals surface area (Å²) < 4.78 is 0. The zero-order valence-corrected chi connectivity index (χ0v) is 8.04. The van der Waals surface area contributed by atoms with Gasteiger partial charge in [0.2, 0.25) is 0 Å². The number of hydrogen-bond donors (Lipinski definition) is 0. The molecule has 0 unspecified atom stereocenters. The molecule has 1 nitrogen and oxygen atoms in total. The number of allylic oxidation sites excluding steroid dienone is 1. The molecule has 0 bridgehead atoms. The highest BCUT2D eigenvalue weighted by Gasteiger charge is 2.21. The van der Waals surface area contributed by atoms with Gasteiger partial charge in [-0.1, -0.05) is 36.9 Å². The summed E-state index contributed by atoms with van der Waals surface area (Å²) in [6, 6.07) is 12.0. The first-order valence-corrected chi connectivity index (χ1v) is 4.24. The van der Waals surface area contributed by atoms with Crippen molar-refractivity contribution in [3.8, 4) is 6.07 Å². The van der Waals surface area contributed by atoms with Crippen molar-refractivity contribution in [2.75, 3.05) is 0 Å². The SMILES string of the molecule is C=C(c1ccccc1)C(C)(C)C#N. The van der Waals surface area contributed by atoms with Crippen molar-refractivity contribution in [3.05, 3.63) is 42.5 Å². The standard InChI is InChI=1S/C12H13N/c1-10(12(2,3)9-13)11-7-5-4-6-8-11/h4-8H,1H2,2-3H3. The lowest BCUT2D eigenvalue weighted by molar-refractivity contribution is 0.669. The molecule has 1 aromatic carbocycles. The van der Waals surface area contributed by atoms with Crippen LogP contribution in [0, 0.1) is 16.7 Å². The molecule has 13 heavy (non-hydrogen) atoms. The maximum atomic E-state index is 8.91. The predicted octanol–water partition coefficient (Wildman–Crippen LogP) is 3.25. The molecule has 0 aliphatic carbocycles. The Morgan fingerprint density at radius 2 is 1.85 bits per heavy atom. The van der Waals surface area contributed by atoms with E-state index in [4.69, 9.17) is 5.26 Å². The van der Waals surface area contributed by atoms with E-state index in [-0.39, 0.29) is 0 Å². The van der Waals surface area contributed by atoms with Gasteiger partial charge in [-0.3, -0.25) is 0 Å². The first kappa shape index (κ1) is 9.54. The van der Waals surface area contributed by atoms with Crippen LogP contribution in [0.4, 0.5) is 0 Å². The fourth-order valence-corrected chi connectivity index (χ4v) is 1.07. The molecular weight excluding hydrogens is 158 g/mol. The maximum absolute atomic E-state index is 8.91. The summed E-state index contributed by atoms with van der Waals surface area (Å²) in [4.78, 5) is 0. The van der Waals surface area contributed by atoms with E-state index >= 15 is 0 Å². The Bertz CT molecular complexity index is 341. The Balaban J connectivity index is 3.01. The van der Waals surface area contributed by atoms with Crippen molar-refractivity contribution in [2.24, 2.45) is 5.41 Å². The molecule has 0 saturated carbocycles. The second-order valence-electron chi connectivity index (χ2n) is 3.58. The average molecular weight is 171 g/mol. The van der Waals surface area contributed by atoms with Gasteiger partial charge in [0.05, 0.1) is 11.5 Å². The van der Waals surface area contributed by atoms with Gasteiger partial charge in [-0.25, -0.2) is 0 Å². The van der Waals surface area contributed by atoms with Crippen molar-refractivity contribution in [2.45, 2.75) is 13.8 Å². The van der Waals surface area contributed by atoms with Crippen LogP contribution < -0.4 is 0 Å². The summed E-state index contributed by atoms with van der Waals surface area (Å²) in [5, 5.41) is 8.91. The number of nitriles is 1. The Kier molecular flexibility index (Phi) is 2.53. The quantitative estimate of drug-likeness (QED) is 0.670. The zero-order valence-electron chi connectivity index (χ0n) is 8.04. The minimum atomic E-state index is -0.485. The Hall–Kier alpha value is -1.55. The van der Waals surface area contributed by atoms with Gasteiger partial charge >= 0.3 is 0 Å². The van der Waals surface area contributed by atoms with Gasteiger partial charge in [-0.15, -0.1) is 0 Å². The Morgan fingerprint density at radius 3 is 2.31 bits per heavy atom. The maximum Gasteiger partial charge on any atom is 0.0766 e. The summed E-state index contributed by atoms with van der Waals surface area (Å²) in [5.41, 5.74) is 1.42. The van der Waals surface area contributed by atoms with Crippen LogP contribution >= 0.6 is 0 Å². The first-order chi connectivity index (χ1) is 6.08. The molecule has 0 heterocycles. The van der Waals surface area contributed by atoms with Gasteiger partial charge in [0.1, 0.15) is 0 Å². The number of hydrogen-bond acceptors (Lipinski definition) is 1. The van der Waals surface area contributed by atoms with Gasteiger partial charge in [0.25, 0.3) is 0 Å². The smallest absolute Gasteiger partial charge is 0.0766 e. The molecule has 0 radical (unpaired) electrons. The van der Waals surface area contributed by atoms with E-state index in [2.05, 4.69) is 12.6 Å². The summed E-state index contributed by atoms with van der Waals surface area (Å²) in [6.07, 6.45) is 0. The summed E-state index contributed by atoms with van der Waals surface area (Å²) >= 11 is 0. The number of benzene rings is 1. The monoisotopic (exact) mass is 171 g/mol. The van der Waals surface area contributed by atoms with Crippen molar-refractivity contribution >= 4 is 5.57 Å². The highest BCUT2D eigenvalue weighted by Crippen LogP contribution is 2.31. The predicted molar refractivity (Wildman–Crippen MR) is 54.9 cm³/mol. The Labute approximate surface area is 79.3 Å².